The predicted octanol–water partition coefficient (Wildman–Crippen LogP) is 1.85. The van der Waals surface area contributed by atoms with Crippen molar-refractivity contribution in [3.8, 4) is 11.3 Å². The van der Waals surface area contributed by atoms with Crippen molar-refractivity contribution < 1.29 is 9.59 Å². The Bertz CT molecular complexity index is 1290. The number of amides is 2. The summed E-state index contributed by atoms with van der Waals surface area (Å²) < 4.78 is 1.66. The molecule has 3 aromatic heterocycles. The molecule has 1 fully saturated rings. The highest BCUT2D eigenvalue weighted by Gasteiger charge is 2.19. The summed E-state index contributed by atoms with van der Waals surface area (Å²) in [6, 6.07) is 10.7. The van der Waals surface area contributed by atoms with Crippen molar-refractivity contribution in [1.29, 1.82) is 0 Å². The largest absolute Gasteiger partial charge is 0.339 e. The van der Waals surface area contributed by atoms with Crippen LogP contribution in [0, 0.1) is 0 Å². The summed E-state index contributed by atoms with van der Waals surface area (Å²) in [7, 11) is 2.06. The maximum absolute atomic E-state index is 12.7. The second kappa shape index (κ2) is 8.83. The summed E-state index contributed by atoms with van der Waals surface area (Å²) in [6.07, 6.45) is 5.21. The molecule has 2 N–H and O–H groups in total. The Morgan fingerprint density at radius 2 is 1.97 bits per heavy atom. The van der Waals surface area contributed by atoms with Crippen molar-refractivity contribution in [1.82, 2.24) is 34.8 Å². The molecular formula is C23H24N8O2. The fraction of sp³-hybridized carbons (Fsp3) is 0.261. The molecule has 10 nitrogen and oxygen atoms in total. The molecule has 4 heterocycles. The van der Waals surface area contributed by atoms with Crippen LogP contribution < -0.4 is 5.32 Å². The van der Waals surface area contributed by atoms with Gasteiger partial charge in [0, 0.05) is 55.2 Å². The molecule has 1 aliphatic rings. The molecule has 10 heteroatoms. The minimum Gasteiger partial charge on any atom is -0.339 e. The summed E-state index contributed by atoms with van der Waals surface area (Å²) in [6.45, 7) is 3.44. The van der Waals surface area contributed by atoms with Gasteiger partial charge in [0.25, 0.3) is 5.91 Å². The molecule has 0 bridgehead atoms. The number of piperazine rings is 1. The first-order chi connectivity index (χ1) is 16.0. The monoisotopic (exact) mass is 444 g/mol. The number of fused-ring (bicyclic) bond motifs is 1. The molecule has 1 aromatic carbocycles. The molecule has 0 radical (unpaired) electrons. The van der Waals surface area contributed by atoms with Gasteiger partial charge in [-0.15, -0.1) is 0 Å². The van der Waals surface area contributed by atoms with Gasteiger partial charge < -0.3 is 15.1 Å². The molecule has 0 aliphatic carbocycles. The third-order valence-electron chi connectivity index (χ3n) is 5.74. The van der Waals surface area contributed by atoms with Gasteiger partial charge in [-0.25, -0.2) is 4.98 Å². The average Bonchev–Trinajstić information content (AvgIpc) is 3.49. The van der Waals surface area contributed by atoms with Crippen LogP contribution in [0.5, 0.6) is 0 Å². The standard InChI is InChI=1S/C23H24N8O2/c1-29-7-9-30(10-8-29)22(32)15-31-14-16-11-18(5-6-20(16)28-31)26-23(33)21-4-2-3-19(27-21)17-12-24-25-13-17/h2-6,11-14H,7-10,15H2,1H3,(H,24,25)(H,26,33). The first-order valence-corrected chi connectivity index (χ1v) is 10.8. The number of hydrogen-bond donors (Lipinski definition) is 2. The van der Waals surface area contributed by atoms with Crippen molar-refractivity contribution in [2.24, 2.45) is 0 Å². The third kappa shape index (κ3) is 4.60. The van der Waals surface area contributed by atoms with Crippen LogP contribution in [0.3, 0.4) is 0 Å². The Labute approximate surface area is 190 Å². The summed E-state index contributed by atoms with van der Waals surface area (Å²) in [5.41, 5.74) is 3.18. The van der Waals surface area contributed by atoms with E-state index in [0.717, 1.165) is 42.6 Å². The Morgan fingerprint density at radius 3 is 2.76 bits per heavy atom. The zero-order valence-corrected chi connectivity index (χ0v) is 18.2. The molecule has 2 amide bonds. The topological polar surface area (TPSA) is 112 Å². The summed E-state index contributed by atoms with van der Waals surface area (Å²) in [5.74, 6) is -0.245. The molecule has 168 valence electrons. The number of likely N-dealkylation sites (N-methyl/N-ethyl adjacent to an activating group) is 1. The fourth-order valence-electron chi connectivity index (χ4n) is 3.84. The number of rotatable bonds is 5. The van der Waals surface area contributed by atoms with Gasteiger partial charge in [-0.05, 0) is 37.4 Å². The van der Waals surface area contributed by atoms with Gasteiger partial charge in [0.15, 0.2) is 0 Å². The number of aromatic amines is 1. The second-order valence-electron chi connectivity index (χ2n) is 8.13. The van der Waals surface area contributed by atoms with Gasteiger partial charge in [0.05, 0.1) is 17.4 Å². The van der Waals surface area contributed by atoms with Crippen molar-refractivity contribution in [3.05, 3.63) is 60.7 Å². The SMILES string of the molecule is CN1CCN(C(=O)Cn2cc3cc(NC(=O)c4cccc(-c5cn[nH]c5)n4)ccc3n2)CC1. The molecule has 0 atom stereocenters. The van der Waals surface area contributed by atoms with E-state index in [-0.39, 0.29) is 18.4 Å². The number of H-pyrrole nitrogens is 1. The Balaban J connectivity index is 1.27. The van der Waals surface area contributed by atoms with Crippen LogP contribution in [0.4, 0.5) is 5.69 Å². The molecule has 0 saturated carbocycles. The highest BCUT2D eigenvalue weighted by molar-refractivity contribution is 6.04. The van der Waals surface area contributed by atoms with Gasteiger partial charge in [-0.1, -0.05) is 6.07 Å². The number of carbonyl (C=O) groups is 2. The highest BCUT2D eigenvalue weighted by Crippen LogP contribution is 2.20. The van der Waals surface area contributed by atoms with Crippen LogP contribution in [-0.2, 0) is 11.3 Å². The maximum atomic E-state index is 12.7. The lowest BCUT2D eigenvalue weighted by Crippen LogP contribution is -2.48. The quantitative estimate of drug-likeness (QED) is 0.486. The van der Waals surface area contributed by atoms with Crippen molar-refractivity contribution >= 4 is 28.4 Å². The molecule has 5 rings (SSSR count). The number of hydrogen-bond acceptors (Lipinski definition) is 6. The van der Waals surface area contributed by atoms with E-state index >= 15 is 0 Å². The van der Waals surface area contributed by atoms with Crippen molar-refractivity contribution in [3.63, 3.8) is 0 Å². The number of nitrogens with zero attached hydrogens (tertiary/aromatic N) is 6. The van der Waals surface area contributed by atoms with E-state index in [1.165, 1.54) is 0 Å². The van der Waals surface area contributed by atoms with E-state index in [1.807, 2.05) is 29.3 Å². The zero-order valence-electron chi connectivity index (χ0n) is 18.2. The summed E-state index contributed by atoms with van der Waals surface area (Å²) in [4.78, 5) is 33.9. The van der Waals surface area contributed by atoms with E-state index in [9.17, 15) is 9.59 Å². The molecule has 33 heavy (non-hydrogen) atoms. The van der Waals surface area contributed by atoms with E-state index in [4.69, 9.17) is 0 Å². The number of pyridine rings is 1. The minimum absolute atomic E-state index is 0.0630. The number of carbonyl (C=O) groups excluding carboxylic acids is 2. The van der Waals surface area contributed by atoms with Gasteiger partial charge in [-0.2, -0.15) is 10.2 Å². The summed E-state index contributed by atoms with van der Waals surface area (Å²) >= 11 is 0. The average molecular weight is 444 g/mol. The Morgan fingerprint density at radius 1 is 1.12 bits per heavy atom. The number of aromatic nitrogens is 5. The van der Waals surface area contributed by atoms with Crippen molar-refractivity contribution in [2.45, 2.75) is 6.54 Å². The summed E-state index contributed by atoms with van der Waals surface area (Å²) in [5, 5.41) is 14.9. The third-order valence-corrected chi connectivity index (χ3v) is 5.74. The highest BCUT2D eigenvalue weighted by atomic mass is 16.2. The first kappa shape index (κ1) is 20.8. The lowest BCUT2D eigenvalue weighted by atomic mass is 10.2. The number of anilines is 1. The van der Waals surface area contributed by atoms with Crippen LogP contribution in [-0.4, -0.2) is 79.8 Å². The van der Waals surface area contributed by atoms with Crippen molar-refractivity contribution in [2.75, 3.05) is 38.5 Å². The molecule has 1 saturated heterocycles. The molecule has 1 aliphatic heterocycles. The predicted molar refractivity (Wildman–Crippen MR) is 124 cm³/mol. The second-order valence-corrected chi connectivity index (χ2v) is 8.13. The maximum Gasteiger partial charge on any atom is 0.274 e. The molecular weight excluding hydrogens is 420 g/mol. The van der Waals surface area contributed by atoms with Gasteiger partial charge >= 0.3 is 0 Å². The molecule has 0 unspecified atom stereocenters. The van der Waals surface area contributed by atoms with Crippen LogP contribution in [0.2, 0.25) is 0 Å². The normalized spacial score (nSPS) is 14.5. The van der Waals surface area contributed by atoms with Gasteiger partial charge in [0.2, 0.25) is 5.91 Å². The lowest BCUT2D eigenvalue weighted by Gasteiger charge is -2.32. The molecule has 0 spiro atoms. The van der Waals surface area contributed by atoms with Crippen LogP contribution in [0.25, 0.3) is 22.2 Å². The zero-order chi connectivity index (χ0) is 22.8. The van der Waals surface area contributed by atoms with E-state index < -0.39 is 0 Å². The minimum atomic E-state index is -0.308. The Kier molecular flexibility index (Phi) is 5.57. The van der Waals surface area contributed by atoms with E-state index in [0.29, 0.717) is 17.1 Å². The van der Waals surface area contributed by atoms with Crippen LogP contribution in [0.15, 0.2) is 55.0 Å². The Hall–Kier alpha value is -4.05. The van der Waals surface area contributed by atoms with Crippen LogP contribution in [0.1, 0.15) is 10.5 Å². The van der Waals surface area contributed by atoms with E-state index in [2.05, 4.69) is 37.5 Å². The fourth-order valence-corrected chi connectivity index (χ4v) is 3.84. The van der Waals surface area contributed by atoms with E-state index in [1.54, 1.807) is 35.3 Å². The van der Waals surface area contributed by atoms with Gasteiger partial charge in [0.1, 0.15) is 12.2 Å². The van der Waals surface area contributed by atoms with Crippen LogP contribution >= 0.6 is 0 Å². The first-order valence-electron chi connectivity index (χ1n) is 10.8. The number of nitrogens with one attached hydrogen (secondary N) is 2. The lowest BCUT2D eigenvalue weighted by molar-refractivity contribution is -0.133. The van der Waals surface area contributed by atoms with Gasteiger partial charge in [-0.3, -0.25) is 19.4 Å². The molecule has 4 aromatic rings. The number of benzene rings is 1. The smallest absolute Gasteiger partial charge is 0.274 e.